The Morgan fingerprint density at radius 1 is 0.963 bits per heavy atom. The van der Waals surface area contributed by atoms with Crippen molar-refractivity contribution in [2.45, 2.75) is 12.7 Å². The summed E-state index contributed by atoms with van der Waals surface area (Å²) in [5, 5.41) is 4.43. The van der Waals surface area contributed by atoms with Crippen LogP contribution in [0.2, 0.25) is 0 Å². The average molecular weight is 382 g/mol. The van der Waals surface area contributed by atoms with Crippen molar-refractivity contribution in [3.63, 3.8) is 0 Å². The highest BCUT2D eigenvalue weighted by Gasteiger charge is 2.38. The maximum Gasteiger partial charge on any atom is 0.471 e. The van der Waals surface area contributed by atoms with E-state index in [0.717, 1.165) is 0 Å². The number of nitrogens with one attached hydrogen (secondary N) is 2. The Kier molecular flexibility index (Phi) is 6.27. The van der Waals surface area contributed by atoms with Gasteiger partial charge in [0.2, 0.25) is 0 Å². The van der Waals surface area contributed by atoms with Crippen LogP contribution in [-0.4, -0.2) is 32.2 Å². The van der Waals surface area contributed by atoms with Crippen molar-refractivity contribution in [2.24, 2.45) is 0 Å². The molecule has 0 unspecified atom stereocenters. The van der Waals surface area contributed by atoms with Crippen LogP contribution in [0.4, 0.5) is 18.9 Å². The second-order valence-corrected chi connectivity index (χ2v) is 5.43. The van der Waals surface area contributed by atoms with Gasteiger partial charge < -0.3 is 20.1 Å². The molecule has 144 valence electrons. The summed E-state index contributed by atoms with van der Waals surface area (Å²) in [7, 11) is 2.94. The number of hydrogen-bond donors (Lipinski definition) is 2. The monoisotopic (exact) mass is 382 g/mol. The molecular formula is C18H17F3N2O4. The van der Waals surface area contributed by atoms with Crippen molar-refractivity contribution in [2.75, 3.05) is 19.5 Å². The van der Waals surface area contributed by atoms with Gasteiger partial charge >= 0.3 is 12.1 Å². The zero-order valence-corrected chi connectivity index (χ0v) is 14.5. The number of ether oxygens (including phenoxy) is 2. The Balaban J connectivity index is 1.98. The number of methoxy groups -OCH3 is 2. The van der Waals surface area contributed by atoms with E-state index in [-0.39, 0.29) is 18.1 Å². The molecule has 0 atom stereocenters. The van der Waals surface area contributed by atoms with Gasteiger partial charge in [0.25, 0.3) is 5.91 Å². The second kappa shape index (κ2) is 8.43. The zero-order valence-electron chi connectivity index (χ0n) is 14.5. The minimum Gasteiger partial charge on any atom is -0.497 e. The van der Waals surface area contributed by atoms with E-state index < -0.39 is 12.1 Å². The zero-order chi connectivity index (χ0) is 20.0. The highest BCUT2D eigenvalue weighted by Crippen LogP contribution is 2.22. The number of benzene rings is 2. The molecule has 2 amide bonds. The van der Waals surface area contributed by atoms with Crippen LogP contribution in [0.25, 0.3) is 0 Å². The third kappa shape index (κ3) is 5.63. The summed E-state index contributed by atoms with van der Waals surface area (Å²) in [4.78, 5) is 23.2. The Bertz CT molecular complexity index is 798. The summed E-state index contributed by atoms with van der Waals surface area (Å²) in [6.07, 6.45) is -4.95. The molecule has 0 saturated heterocycles. The molecule has 0 fully saturated rings. The summed E-state index contributed by atoms with van der Waals surface area (Å²) in [5.41, 5.74) is 0.980. The van der Waals surface area contributed by atoms with Gasteiger partial charge in [0, 0.05) is 23.9 Å². The van der Waals surface area contributed by atoms with E-state index in [0.29, 0.717) is 22.6 Å². The lowest BCUT2D eigenvalue weighted by molar-refractivity contribution is -0.167. The molecule has 0 saturated carbocycles. The molecule has 0 heterocycles. The first kappa shape index (κ1) is 20.1. The van der Waals surface area contributed by atoms with Gasteiger partial charge in [0.15, 0.2) is 0 Å². The van der Waals surface area contributed by atoms with Crippen molar-refractivity contribution >= 4 is 17.5 Å². The van der Waals surface area contributed by atoms with Gasteiger partial charge in [-0.05, 0) is 29.8 Å². The molecular weight excluding hydrogens is 365 g/mol. The molecule has 9 heteroatoms. The van der Waals surface area contributed by atoms with Crippen LogP contribution in [-0.2, 0) is 11.3 Å². The lowest BCUT2D eigenvalue weighted by Gasteiger charge is -2.10. The third-order valence-electron chi connectivity index (χ3n) is 3.54. The van der Waals surface area contributed by atoms with Crippen molar-refractivity contribution in [3.8, 4) is 11.5 Å². The molecule has 2 N–H and O–H groups in total. The quantitative estimate of drug-likeness (QED) is 0.805. The molecule has 2 rings (SSSR count). The summed E-state index contributed by atoms with van der Waals surface area (Å²) in [6.45, 7) is 0.145. The predicted octanol–water partition coefficient (Wildman–Crippen LogP) is 3.13. The molecule has 6 nitrogen and oxygen atoms in total. The van der Waals surface area contributed by atoms with E-state index in [1.54, 1.807) is 23.5 Å². The van der Waals surface area contributed by atoms with Crippen LogP contribution >= 0.6 is 0 Å². The fraction of sp³-hybridized carbons (Fsp3) is 0.222. The SMILES string of the molecule is COc1cc(OC)cc(C(=O)NCc2ccc(NC(=O)C(F)(F)F)cc2)c1. The topological polar surface area (TPSA) is 76.7 Å². The lowest BCUT2D eigenvalue weighted by Crippen LogP contribution is -2.29. The maximum atomic E-state index is 12.3. The Morgan fingerprint density at radius 3 is 2.00 bits per heavy atom. The van der Waals surface area contributed by atoms with E-state index in [9.17, 15) is 22.8 Å². The van der Waals surface area contributed by atoms with Crippen LogP contribution in [0.3, 0.4) is 0 Å². The number of hydrogen-bond acceptors (Lipinski definition) is 4. The molecule has 2 aromatic carbocycles. The van der Waals surface area contributed by atoms with Gasteiger partial charge in [0.05, 0.1) is 14.2 Å². The van der Waals surface area contributed by atoms with E-state index in [2.05, 4.69) is 5.32 Å². The smallest absolute Gasteiger partial charge is 0.471 e. The van der Waals surface area contributed by atoms with Crippen molar-refractivity contribution < 1.29 is 32.2 Å². The van der Waals surface area contributed by atoms with Crippen LogP contribution in [0.5, 0.6) is 11.5 Å². The molecule has 0 aliphatic carbocycles. The van der Waals surface area contributed by atoms with Gasteiger partial charge in [-0.3, -0.25) is 9.59 Å². The summed E-state index contributed by atoms with van der Waals surface area (Å²) in [5.74, 6) is -1.49. The van der Waals surface area contributed by atoms with Crippen molar-refractivity contribution in [3.05, 3.63) is 53.6 Å². The van der Waals surface area contributed by atoms with Crippen LogP contribution in [0.15, 0.2) is 42.5 Å². The van der Waals surface area contributed by atoms with E-state index in [1.165, 1.54) is 38.5 Å². The average Bonchev–Trinajstić information content (AvgIpc) is 2.65. The van der Waals surface area contributed by atoms with Gasteiger partial charge in [-0.15, -0.1) is 0 Å². The lowest BCUT2D eigenvalue weighted by atomic mass is 10.1. The number of amides is 2. The Morgan fingerprint density at radius 2 is 1.52 bits per heavy atom. The van der Waals surface area contributed by atoms with Gasteiger partial charge in [-0.2, -0.15) is 13.2 Å². The summed E-state index contributed by atoms with van der Waals surface area (Å²) < 4.78 is 46.9. The van der Waals surface area contributed by atoms with Crippen molar-refractivity contribution in [1.82, 2.24) is 5.32 Å². The molecule has 0 radical (unpaired) electrons. The first-order valence-electron chi connectivity index (χ1n) is 7.71. The second-order valence-electron chi connectivity index (χ2n) is 5.43. The minimum atomic E-state index is -4.95. The number of carbonyl (C=O) groups excluding carboxylic acids is 2. The largest absolute Gasteiger partial charge is 0.497 e. The normalized spacial score (nSPS) is 10.9. The summed E-state index contributed by atoms with van der Waals surface area (Å²) in [6, 6.07) is 10.4. The number of carbonyl (C=O) groups is 2. The standard InChI is InChI=1S/C18H17F3N2O4/c1-26-14-7-12(8-15(9-14)27-2)16(24)22-10-11-3-5-13(6-4-11)23-17(25)18(19,20)21/h3-9H,10H2,1-2H3,(H,22,24)(H,23,25). The first-order valence-corrected chi connectivity index (χ1v) is 7.71. The fourth-order valence-corrected chi connectivity index (χ4v) is 2.13. The molecule has 0 aliphatic heterocycles. The molecule has 2 aromatic rings. The minimum absolute atomic E-state index is 0.00457. The third-order valence-corrected chi connectivity index (χ3v) is 3.54. The number of rotatable bonds is 6. The Hall–Kier alpha value is -3.23. The van der Waals surface area contributed by atoms with Gasteiger partial charge in [0.1, 0.15) is 11.5 Å². The highest BCUT2D eigenvalue weighted by atomic mass is 19.4. The van der Waals surface area contributed by atoms with Crippen LogP contribution < -0.4 is 20.1 Å². The fourth-order valence-electron chi connectivity index (χ4n) is 2.13. The first-order chi connectivity index (χ1) is 12.7. The number of alkyl halides is 3. The maximum absolute atomic E-state index is 12.3. The van der Waals surface area contributed by atoms with Crippen LogP contribution in [0, 0.1) is 0 Å². The number of halogens is 3. The number of anilines is 1. The molecule has 0 spiro atoms. The highest BCUT2D eigenvalue weighted by molar-refractivity contribution is 5.95. The van der Waals surface area contributed by atoms with Gasteiger partial charge in [-0.1, -0.05) is 12.1 Å². The Labute approximate surface area is 153 Å². The molecule has 0 aromatic heterocycles. The molecule has 0 bridgehead atoms. The van der Waals surface area contributed by atoms with E-state index >= 15 is 0 Å². The van der Waals surface area contributed by atoms with E-state index in [4.69, 9.17) is 9.47 Å². The van der Waals surface area contributed by atoms with Crippen molar-refractivity contribution in [1.29, 1.82) is 0 Å². The van der Waals surface area contributed by atoms with Gasteiger partial charge in [-0.25, -0.2) is 0 Å². The van der Waals surface area contributed by atoms with E-state index in [1.807, 2.05) is 0 Å². The summed E-state index contributed by atoms with van der Waals surface area (Å²) >= 11 is 0. The molecule has 0 aliphatic rings. The predicted molar refractivity (Wildman–Crippen MR) is 91.8 cm³/mol. The molecule has 27 heavy (non-hydrogen) atoms. The van der Waals surface area contributed by atoms with Crippen LogP contribution in [0.1, 0.15) is 15.9 Å².